The zero-order valence-corrected chi connectivity index (χ0v) is 15.9. The normalized spacial score (nSPS) is 18.5. The van der Waals surface area contributed by atoms with Crippen LogP contribution in [-0.4, -0.2) is 65.9 Å². The highest BCUT2D eigenvalue weighted by Crippen LogP contribution is 2.22. The van der Waals surface area contributed by atoms with Crippen LogP contribution in [0.4, 0.5) is 0 Å². The predicted molar refractivity (Wildman–Crippen MR) is 106 cm³/mol. The molecule has 2 aliphatic rings. The van der Waals surface area contributed by atoms with Crippen LogP contribution in [0.25, 0.3) is 0 Å². The van der Waals surface area contributed by atoms with Crippen molar-refractivity contribution in [2.24, 2.45) is 0 Å². The number of imide groups is 1. The van der Waals surface area contributed by atoms with E-state index in [1.165, 1.54) is 4.90 Å². The van der Waals surface area contributed by atoms with Crippen molar-refractivity contribution >= 4 is 11.8 Å². The minimum absolute atomic E-state index is 0.184. The van der Waals surface area contributed by atoms with E-state index in [0.717, 1.165) is 50.7 Å². The zero-order chi connectivity index (χ0) is 19.3. The van der Waals surface area contributed by atoms with Gasteiger partial charge in [0, 0.05) is 52.4 Å². The van der Waals surface area contributed by atoms with Crippen molar-refractivity contribution in [3.8, 4) is 0 Å². The van der Waals surface area contributed by atoms with Gasteiger partial charge >= 0.3 is 0 Å². The molecule has 7 nitrogen and oxygen atoms in total. The molecule has 2 N–H and O–H groups in total. The summed E-state index contributed by atoms with van der Waals surface area (Å²) in [5.74, 6) is -0.369. The second-order valence-electron chi connectivity index (χ2n) is 7.12. The van der Waals surface area contributed by atoms with Crippen LogP contribution in [0.2, 0.25) is 0 Å². The van der Waals surface area contributed by atoms with Crippen LogP contribution >= 0.6 is 0 Å². The third kappa shape index (κ3) is 4.11. The number of pyridine rings is 1. The molecule has 2 amide bonds. The zero-order valence-electron chi connectivity index (χ0n) is 15.9. The molecule has 0 saturated carbocycles. The number of amides is 2. The molecule has 0 unspecified atom stereocenters. The van der Waals surface area contributed by atoms with Gasteiger partial charge in [0.25, 0.3) is 11.8 Å². The molecule has 2 aliphatic heterocycles. The molecule has 0 spiro atoms. The summed E-state index contributed by atoms with van der Waals surface area (Å²) >= 11 is 0. The highest BCUT2D eigenvalue weighted by molar-refractivity contribution is 6.21. The van der Waals surface area contributed by atoms with Crippen LogP contribution in [0.15, 0.2) is 42.5 Å². The van der Waals surface area contributed by atoms with E-state index in [1.807, 2.05) is 18.2 Å². The third-order valence-electron chi connectivity index (χ3n) is 5.20. The first-order chi connectivity index (χ1) is 13.7. The van der Waals surface area contributed by atoms with Crippen LogP contribution in [0.3, 0.4) is 0 Å². The van der Waals surface area contributed by atoms with E-state index in [0.29, 0.717) is 24.2 Å². The fourth-order valence-corrected chi connectivity index (χ4v) is 3.65. The number of nitrogens with one attached hydrogen (secondary N) is 2. The molecule has 0 radical (unpaired) electrons. The molecule has 0 saturated heterocycles. The number of rotatable bonds is 3. The summed E-state index contributed by atoms with van der Waals surface area (Å²) in [5, 5.41) is 6.86. The minimum Gasteiger partial charge on any atom is -0.310 e. The fourth-order valence-electron chi connectivity index (χ4n) is 3.65. The molecule has 0 atom stereocenters. The van der Waals surface area contributed by atoms with E-state index in [1.54, 1.807) is 24.3 Å². The van der Waals surface area contributed by atoms with E-state index in [9.17, 15) is 9.59 Å². The van der Waals surface area contributed by atoms with Crippen LogP contribution in [0.5, 0.6) is 0 Å². The number of benzene rings is 1. The second kappa shape index (κ2) is 8.60. The highest BCUT2D eigenvalue weighted by atomic mass is 16.2. The molecule has 2 bridgehead atoms. The Morgan fingerprint density at radius 3 is 1.93 bits per heavy atom. The molecule has 7 heteroatoms. The molecule has 2 aromatic rings. The molecule has 146 valence electrons. The van der Waals surface area contributed by atoms with Crippen molar-refractivity contribution in [2.45, 2.75) is 13.1 Å². The van der Waals surface area contributed by atoms with Crippen molar-refractivity contribution in [3.63, 3.8) is 0 Å². The first-order valence-electron chi connectivity index (χ1n) is 9.76. The van der Waals surface area contributed by atoms with Gasteiger partial charge in [0.15, 0.2) is 0 Å². The summed E-state index contributed by atoms with van der Waals surface area (Å²) in [6, 6.07) is 13.1. The maximum absolute atomic E-state index is 12.5. The minimum atomic E-state index is -0.184. The summed E-state index contributed by atoms with van der Waals surface area (Å²) in [7, 11) is 0. The van der Waals surface area contributed by atoms with Gasteiger partial charge in [-0.2, -0.15) is 0 Å². The summed E-state index contributed by atoms with van der Waals surface area (Å²) in [4.78, 5) is 33.4. The van der Waals surface area contributed by atoms with Crippen molar-refractivity contribution in [2.75, 3.05) is 39.3 Å². The van der Waals surface area contributed by atoms with Gasteiger partial charge in [0.1, 0.15) is 0 Å². The molecule has 4 rings (SSSR count). The smallest absolute Gasteiger partial charge is 0.261 e. The Bertz CT molecular complexity index is 807. The van der Waals surface area contributed by atoms with E-state index in [-0.39, 0.29) is 11.8 Å². The molecule has 1 aromatic heterocycles. The average molecular weight is 379 g/mol. The lowest BCUT2D eigenvalue weighted by Gasteiger charge is -2.25. The maximum Gasteiger partial charge on any atom is 0.261 e. The SMILES string of the molecule is O=C1c2ccccc2C(=O)N1CCN1CCNCc2cccc(n2)CNCC1. The van der Waals surface area contributed by atoms with Gasteiger partial charge in [0.2, 0.25) is 0 Å². The van der Waals surface area contributed by atoms with Crippen molar-refractivity contribution < 1.29 is 9.59 Å². The lowest BCUT2D eigenvalue weighted by atomic mass is 10.1. The standard InChI is InChI=1S/C21H25N5O2/c27-20-18-6-1-2-7-19(18)21(28)26(20)13-12-25-10-8-22-14-16-4-3-5-17(24-16)15-23-9-11-25/h1-7,22-23H,8-15H2. The van der Waals surface area contributed by atoms with E-state index in [4.69, 9.17) is 0 Å². The Morgan fingerprint density at radius 1 is 0.786 bits per heavy atom. The number of carbonyl (C=O) groups is 2. The van der Waals surface area contributed by atoms with Gasteiger partial charge in [-0.1, -0.05) is 18.2 Å². The molecule has 0 aliphatic carbocycles. The van der Waals surface area contributed by atoms with Crippen LogP contribution in [0, 0.1) is 0 Å². The highest BCUT2D eigenvalue weighted by Gasteiger charge is 2.34. The number of fused-ring (bicyclic) bond motifs is 3. The van der Waals surface area contributed by atoms with Gasteiger partial charge in [-0.15, -0.1) is 0 Å². The third-order valence-corrected chi connectivity index (χ3v) is 5.20. The molecular weight excluding hydrogens is 354 g/mol. The van der Waals surface area contributed by atoms with E-state index < -0.39 is 0 Å². The summed E-state index contributed by atoms with van der Waals surface area (Å²) in [5.41, 5.74) is 3.10. The van der Waals surface area contributed by atoms with Crippen molar-refractivity contribution in [1.82, 2.24) is 25.4 Å². The lowest BCUT2D eigenvalue weighted by Crippen LogP contribution is -2.43. The lowest BCUT2D eigenvalue weighted by molar-refractivity contribution is 0.0636. The Hall–Kier alpha value is -2.61. The van der Waals surface area contributed by atoms with Crippen molar-refractivity contribution in [3.05, 3.63) is 65.0 Å². The summed E-state index contributed by atoms with van der Waals surface area (Å²) < 4.78 is 0. The van der Waals surface area contributed by atoms with Gasteiger partial charge in [-0.3, -0.25) is 24.4 Å². The van der Waals surface area contributed by atoms with Crippen LogP contribution < -0.4 is 10.6 Å². The Balaban J connectivity index is 1.34. The predicted octanol–water partition coefficient (Wildman–Crippen LogP) is 0.873. The largest absolute Gasteiger partial charge is 0.310 e. The fraction of sp³-hybridized carbons (Fsp3) is 0.381. The molecule has 0 fully saturated rings. The van der Waals surface area contributed by atoms with Gasteiger partial charge < -0.3 is 10.6 Å². The Labute approximate surface area is 164 Å². The van der Waals surface area contributed by atoms with Crippen LogP contribution in [-0.2, 0) is 13.1 Å². The molecule has 28 heavy (non-hydrogen) atoms. The van der Waals surface area contributed by atoms with Crippen LogP contribution in [0.1, 0.15) is 32.1 Å². The van der Waals surface area contributed by atoms with Crippen molar-refractivity contribution in [1.29, 1.82) is 0 Å². The monoisotopic (exact) mass is 379 g/mol. The second-order valence-corrected chi connectivity index (χ2v) is 7.12. The number of nitrogens with zero attached hydrogens (tertiary/aromatic N) is 3. The number of aromatic nitrogens is 1. The number of hydrogen-bond donors (Lipinski definition) is 2. The molecular formula is C21H25N5O2. The summed E-state index contributed by atoms with van der Waals surface area (Å²) in [6.07, 6.45) is 0. The first-order valence-corrected chi connectivity index (χ1v) is 9.76. The Morgan fingerprint density at radius 2 is 1.36 bits per heavy atom. The topological polar surface area (TPSA) is 77.6 Å². The van der Waals surface area contributed by atoms with Gasteiger partial charge in [0.05, 0.1) is 22.5 Å². The molecule has 3 heterocycles. The Kier molecular flexibility index (Phi) is 5.76. The maximum atomic E-state index is 12.5. The average Bonchev–Trinajstić information content (AvgIpc) is 2.96. The molecule has 1 aromatic carbocycles. The van der Waals surface area contributed by atoms with Gasteiger partial charge in [-0.25, -0.2) is 0 Å². The summed E-state index contributed by atoms with van der Waals surface area (Å²) in [6.45, 7) is 5.91. The number of hydrogen-bond acceptors (Lipinski definition) is 6. The quantitative estimate of drug-likeness (QED) is 0.771. The number of carbonyl (C=O) groups excluding carboxylic acids is 2. The van der Waals surface area contributed by atoms with Gasteiger partial charge in [-0.05, 0) is 24.3 Å². The van der Waals surface area contributed by atoms with E-state index in [2.05, 4.69) is 20.5 Å². The van der Waals surface area contributed by atoms with E-state index >= 15 is 0 Å². The first kappa shape index (κ1) is 18.7.